The molecule has 4 rings (SSSR count). The lowest BCUT2D eigenvalue weighted by molar-refractivity contribution is -0.138. The Morgan fingerprint density at radius 3 is 2.29 bits per heavy atom. The van der Waals surface area contributed by atoms with Gasteiger partial charge in [-0.1, -0.05) is 55.5 Å². The van der Waals surface area contributed by atoms with Gasteiger partial charge in [0.15, 0.2) is 0 Å². The molecule has 1 aliphatic heterocycles. The van der Waals surface area contributed by atoms with Crippen molar-refractivity contribution in [3.05, 3.63) is 100 Å². The Morgan fingerprint density at radius 1 is 1.02 bits per heavy atom. The van der Waals surface area contributed by atoms with Crippen LogP contribution < -0.4 is 9.04 Å². The number of sulfonamides is 1. The summed E-state index contributed by atoms with van der Waals surface area (Å²) in [5.41, 5.74) is -1.98. The van der Waals surface area contributed by atoms with Crippen molar-refractivity contribution < 1.29 is 44.6 Å². The predicted molar refractivity (Wildman–Crippen MR) is 145 cm³/mol. The van der Waals surface area contributed by atoms with Gasteiger partial charge in [-0.05, 0) is 48.0 Å². The fraction of sp³-hybridized carbons (Fsp3) is 0.214. The Balaban J connectivity index is 0.000000850. The number of rotatable bonds is 5. The first-order chi connectivity index (χ1) is 19.1. The largest absolute Gasteiger partial charge is 0.513 e. The van der Waals surface area contributed by atoms with E-state index in [1.807, 2.05) is 6.92 Å². The molecule has 0 spiro atoms. The van der Waals surface area contributed by atoms with E-state index in [1.165, 1.54) is 36.4 Å². The van der Waals surface area contributed by atoms with E-state index in [2.05, 4.69) is 6.58 Å². The molecule has 0 radical (unpaired) electrons. The van der Waals surface area contributed by atoms with Crippen LogP contribution in [0.1, 0.15) is 35.6 Å². The number of alkyl halides is 6. The van der Waals surface area contributed by atoms with Crippen molar-refractivity contribution in [1.29, 1.82) is 0 Å². The van der Waals surface area contributed by atoms with Crippen molar-refractivity contribution in [3.63, 3.8) is 0 Å². The van der Waals surface area contributed by atoms with E-state index in [0.29, 0.717) is 18.1 Å². The average Bonchev–Trinajstić information content (AvgIpc) is 2.91. The molecule has 0 saturated carbocycles. The summed E-state index contributed by atoms with van der Waals surface area (Å²) in [5, 5.41) is 8.04. The van der Waals surface area contributed by atoms with Crippen molar-refractivity contribution in [2.45, 2.75) is 30.6 Å². The summed E-state index contributed by atoms with van der Waals surface area (Å²) in [4.78, 5) is -0.558. The molecule has 0 atom stereocenters. The number of aliphatic hydroxyl groups is 1. The Hall–Kier alpha value is -3.64. The van der Waals surface area contributed by atoms with Gasteiger partial charge >= 0.3 is 12.4 Å². The first-order valence-electron chi connectivity index (χ1n) is 11.9. The summed E-state index contributed by atoms with van der Waals surface area (Å²) in [7, 11) is -4.42. The Labute approximate surface area is 238 Å². The Morgan fingerprint density at radius 2 is 1.68 bits per heavy atom. The van der Waals surface area contributed by atoms with Gasteiger partial charge in [0.2, 0.25) is 0 Å². The molecule has 1 aliphatic rings. The van der Waals surface area contributed by atoms with E-state index in [9.17, 15) is 34.8 Å². The monoisotopic (exact) mass is 619 g/mol. The Kier molecular flexibility index (Phi) is 9.70. The van der Waals surface area contributed by atoms with Crippen molar-refractivity contribution in [2.24, 2.45) is 0 Å². The number of anilines is 1. The first kappa shape index (κ1) is 31.9. The number of fused-ring (bicyclic) bond motifs is 1. The van der Waals surface area contributed by atoms with Crippen molar-refractivity contribution in [2.75, 3.05) is 17.5 Å². The third kappa shape index (κ3) is 7.76. The van der Waals surface area contributed by atoms with E-state index < -0.39 is 38.4 Å². The molecule has 3 aromatic rings. The second-order valence-electron chi connectivity index (χ2n) is 8.63. The van der Waals surface area contributed by atoms with E-state index in [-0.39, 0.29) is 40.9 Å². The quantitative estimate of drug-likeness (QED) is 0.176. The van der Waals surface area contributed by atoms with Crippen LogP contribution in [-0.4, -0.2) is 26.7 Å². The summed E-state index contributed by atoms with van der Waals surface area (Å²) in [6.07, 6.45) is -6.24. The number of ether oxygens (including phenoxy) is 1. The number of hydrogen-bond acceptors (Lipinski definition) is 4. The van der Waals surface area contributed by atoms with Gasteiger partial charge in [0.1, 0.15) is 12.4 Å². The lowest BCUT2D eigenvalue weighted by Gasteiger charge is -2.31. The molecule has 0 amide bonds. The zero-order valence-electron chi connectivity index (χ0n) is 21.4. The molecule has 41 heavy (non-hydrogen) atoms. The van der Waals surface area contributed by atoms with Crippen LogP contribution in [0.2, 0.25) is 5.02 Å². The van der Waals surface area contributed by atoms with E-state index >= 15 is 0 Å². The molecule has 0 saturated heterocycles. The second-order valence-corrected chi connectivity index (χ2v) is 10.9. The number of hydrogen-bond donors (Lipinski definition) is 1. The van der Waals surface area contributed by atoms with Gasteiger partial charge < -0.3 is 9.84 Å². The van der Waals surface area contributed by atoms with E-state index in [4.69, 9.17) is 21.4 Å². The normalized spacial score (nSPS) is 13.7. The predicted octanol–water partition coefficient (Wildman–Crippen LogP) is 8.60. The number of halogens is 7. The molecule has 3 aromatic carbocycles. The van der Waals surface area contributed by atoms with E-state index in [1.54, 1.807) is 0 Å². The van der Waals surface area contributed by atoms with Gasteiger partial charge in [0.25, 0.3) is 10.0 Å². The highest BCUT2D eigenvalue weighted by molar-refractivity contribution is 7.92. The number of nitrogens with zero attached hydrogens (tertiary/aromatic N) is 1. The highest BCUT2D eigenvalue weighted by Gasteiger charge is 2.35. The van der Waals surface area contributed by atoms with Crippen LogP contribution in [0, 0.1) is 0 Å². The third-order valence-corrected chi connectivity index (χ3v) is 7.90. The minimum absolute atomic E-state index is 0.0380. The molecule has 0 aromatic heterocycles. The smallest absolute Gasteiger partial charge is 0.417 e. The lowest BCUT2D eigenvalue weighted by atomic mass is 10.0. The highest BCUT2D eigenvalue weighted by atomic mass is 35.5. The molecule has 0 unspecified atom stereocenters. The SMILES string of the molecule is C=C(O)CC.O=S(=O)(c1cccc(C(F)(F)F)c1)N1CCOc2ccc(/C=C/c3c(Cl)cccc3C(F)(F)F)cc21. The maximum Gasteiger partial charge on any atom is 0.417 e. The topological polar surface area (TPSA) is 66.8 Å². The summed E-state index contributed by atoms with van der Waals surface area (Å²) in [6, 6.07) is 11.0. The molecule has 1 N–H and O–H groups in total. The first-order valence-corrected chi connectivity index (χ1v) is 13.7. The summed E-state index contributed by atoms with van der Waals surface area (Å²) < 4.78 is 112. The average molecular weight is 620 g/mol. The standard InChI is InChI=1S/C24H16ClF6NO3S.C4H8O/c25-20-6-2-5-19(24(29,30)31)18(20)9-7-15-8-10-22-21(13-15)32(11-12-35-22)36(33,34)17-4-1-3-16(14-17)23(26,27)28;1-3-4(2)5/h1-10,13-14H,11-12H2;5H,2-3H2,1H3/b9-7+;. The third-order valence-electron chi connectivity index (χ3n) is 5.76. The zero-order chi connectivity index (χ0) is 30.6. The zero-order valence-corrected chi connectivity index (χ0v) is 23.0. The van der Waals surface area contributed by atoms with E-state index in [0.717, 1.165) is 34.6 Å². The van der Waals surface area contributed by atoms with Crippen LogP contribution in [0.25, 0.3) is 12.2 Å². The van der Waals surface area contributed by atoms with Crippen LogP contribution in [0.3, 0.4) is 0 Å². The fourth-order valence-corrected chi connectivity index (χ4v) is 5.39. The summed E-state index contributed by atoms with van der Waals surface area (Å²) in [5.74, 6) is 0.410. The lowest BCUT2D eigenvalue weighted by Crippen LogP contribution is -2.38. The molecule has 13 heteroatoms. The summed E-state index contributed by atoms with van der Waals surface area (Å²) >= 11 is 5.97. The minimum Gasteiger partial charge on any atom is -0.513 e. The van der Waals surface area contributed by atoms with Gasteiger partial charge in [-0.15, -0.1) is 0 Å². The molecular weight excluding hydrogens is 596 g/mol. The van der Waals surface area contributed by atoms with Crippen molar-refractivity contribution in [3.8, 4) is 5.75 Å². The van der Waals surface area contributed by atoms with Gasteiger partial charge in [-0.3, -0.25) is 4.31 Å². The molecular formula is C28H24ClF6NO4S. The van der Waals surface area contributed by atoms with Crippen LogP contribution in [0.4, 0.5) is 32.0 Å². The maximum atomic E-state index is 13.4. The van der Waals surface area contributed by atoms with Crippen LogP contribution >= 0.6 is 11.6 Å². The van der Waals surface area contributed by atoms with Crippen molar-refractivity contribution in [1.82, 2.24) is 0 Å². The van der Waals surface area contributed by atoms with Gasteiger partial charge in [-0.2, -0.15) is 26.3 Å². The molecule has 1 heterocycles. The molecule has 0 fully saturated rings. The van der Waals surface area contributed by atoms with Gasteiger partial charge in [0, 0.05) is 17.0 Å². The number of benzene rings is 3. The molecule has 220 valence electrons. The molecule has 0 aliphatic carbocycles. The molecule has 5 nitrogen and oxygen atoms in total. The van der Waals surface area contributed by atoms with Crippen molar-refractivity contribution >= 4 is 39.5 Å². The molecule has 0 bridgehead atoms. The van der Waals surface area contributed by atoms with Gasteiger partial charge in [0.05, 0.1) is 34.0 Å². The minimum atomic E-state index is -4.74. The second kappa shape index (κ2) is 12.5. The van der Waals surface area contributed by atoms with Crippen LogP contribution in [-0.2, 0) is 22.4 Å². The highest BCUT2D eigenvalue weighted by Crippen LogP contribution is 2.39. The fourth-order valence-electron chi connectivity index (χ4n) is 3.66. The number of aliphatic hydroxyl groups excluding tert-OH is 1. The number of allylic oxidation sites excluding steroid dienone is 1. The van der Waals surface area contributed by atoms with Gasteiger partial charge in [-0.25, -0.2) is 8.42 Å². The summed E-state index contributed by atoms with van der Waals surface area (Å²) in [6.45, 7) is 4.85. The van der Waals surface area contributed by atoms with Crippen LogP contribution in [0.5, 0.6) is 5.75 Å². The maximum absolute atomic E-state index is 13.4. The Bertz CT molecular complexity index is 1550. The van der Waals surface area contributed by atoms with Crippen LogP contribution in [0.15, 0.2) is 77.9 Å².